The summed E-state index contributed by atoms with van der Waals surface area (Å²) in [5, 5.41) is 0. The molecule has 0 nitrogen and oxygen atoms in total. The number of hydrogen-bond donors (Lipinski definition) is 0. The predicted octanol–water partition coefficient (Wildman–Crippen LogP) is 2.57. The van der Waals surface area contributed by atoms with Gasteiger partial charge in [-0.05, 0) is 21.2 Å². The molecule has 1 aliphatic rings. The molecule has 0 aromatic carbocycles. The van der Waals surface area contributed by atoms with Crippen molar-refractivity contribution >= 4 is 7.88 Å². The molecule has 42 valence electrons. The van der Waals surface area contributed by atoms with Crippen molar-refractivity contribution in [2.24, 2.45) is 0 Å². The molecule has 0 bridgehead atoms. The lowest BCUT2D eigenvalue weighted by Gasteiger charge is -1.91. The fourth-order valence-corrected chi connectivity index (χ4v) is 1.58. The van der Waals surface area contributed by atoms with Crippen molar-refractivity contribution in [3.05, 3.63) is 0 Å². The van der Waals surface area contributed by atoms with E-state index in [0.29, 0.717) is 0 Å². The van der Waals surface area contributed by atoms with E-state index in [-0.39, 0.29) is 5.66 Å². The summed E-state index contributed by atoms with van der Waals surface area (Å²) in [6, 6.07) is 0. The molecule has 0 radical (unpaired) electrons. The van der Waals surface area contributed by atoms with E-state index in [1.54, 1.807) is 0 Å². The molecule has 7 heavy (non-hydrogen) atoms. The minimum absolute atomic E-state index is 0.174. The Morgan fingerprint density at radius 1 is 1.43 bits per heavy atom. The fourth-order valence-electron chi connectivity index (χ4n) is 0.528. The van der Waals surface area contributed by atoms with Crippen LogP contribution in [-0.4, -0.2) is 12.3 Å². The number of halogens is 2. The van der Waals surface area contributed by atoms with Gasteiger partial charge in [0.15, 0.2) is 0 Å². The standard InChI is InChI=1S/C4H8F2P/c1-7(5,6)4-2-3-4/h4H,2-3H2,1H3/q+1. The minimum atomic E-state index is -3.38. The largest absolute Gasteiger partial charge is 0.387 e. The molecule has 1 fully saturated rings. The van der Waals surface area contributed by atoms with Gasteiger partial charge in [-0.25, -0.2) is 0 Å². The molecule has 0 heterocycles. The highest BCUT2D eigenvalue weighted by Crippen LogP contribution is 2.70. The molecule has 0 N–H and O–H groups in total. The van der Waals surface area contributed by atoms with Gasteiger partial charge in [0.25, 0.3) is 0 Å². The lowest BCUT2D eigenvalue weighted by molar-refractivity contribution is 0.707. The van der Waals surface area contributed by atoms with E-state index >= 15 is 0 Å². The summed E-state index contributed by atoms with van der Waals surface area (Å²) in [4.78, 5) is 0. The molecule has 3 heteroatoms. The Bertz CT molecular complexity index is 72.2. The first-order chi connectivity index (χ1) is 3.11. The maximum atomic E-state index is 12.0. The van der Waals surface area contributed by atoms with E-state index in [4.69, 9.17) is 0 Å². The van der Waals surface area contributed by atoms with Crippen LogP contribution in [0.3, 0.4) is 0 Å². The lowest BCUT2D eigenvalue weighted by atomic mass is 11.0. The number of rotatable bonds is 1. The van der Waals surface area contributed by atoms with Crippen molar-refractivity contribution in [2.75, 3.05) is 6.66 Å². The van der Waals surface area contributed by atoms with E-state index in [1.165, 1.54) is 0 Å². The van der Waals surface area contributed by atoms with Gasteiger partial charge < -0.3 is 0 Å². The maximum Gasteiger partial charge on any atom is 0.387 e. The van der Waals surface area contributed by atoms with Crippen LogP contribution in [0.15, 0.2) is 0 Å². The van der Waals surface area contributed by atoms with Gasteiger partial charge in [-0.2, -0.15) is 0 Å². The van der Waals surface area contributed by atoms with Gasteiger partial charge in [0, 0.05) is 0 Å². The van der Waals surface area contributed by atoms with Crippen LogP contribution >= 0.6 is 7.88 Å². The maximum absolute atomic E-state index is 12.0. The Kier molecular flexibility index (Phi) is 1.07. The van der Waals surface area contributed by atoms with Crippen LogP contribution in [0, 0.1) is 0 Å². The van der Waals surface area contributed by atoms with Crippen molar-refractivity contribution in [2.45, 2.75) is 18.5 Å². The van der Waals surface area contributed by atoms with E-state index in [9.17, 15) is 8.39 Å². The van der Waals surface area contributed by atoms with Crippen LogP contribution in [0.1, 0.15) is 12.8 Å². The Balaban J connectivity index is 2.36. The summed E-state index contributed by atoms with van der Waals surface area (Å²) in [7, 11) is -3.38. The summed E-state index contributed by atoms with van der Waals surface area (Å²) in [6.07, 6.45) is 1.55. The second-order valence-corrected chi connectivity index (χ2v) is 4.53. The zero-order valence-corrected chi connectivity index (χ0v) is 5.09. The third-order valence-corrected chi connectivity index (χ3v) is 2.99. The van der Waals surface area contributed by atoms with Gasteiger partial charge in [0.2, 0.25) is 0 Å². The second kappa shape index (κ2) is 1.38. The first kappa shape index (κ1) is 5.43. The second-order valence-electron chi connectivity index (χ2n) is 2.09. The minimum Gasteiger partial charge on any atom is -0.0236 e. The highest BCUT2D eigenvalue weighted by atomic mass is 31.2. The Hall–Kier alpha value is 0.290. The van der Waals surface area contributed by atoms with Gasteiger partial charge in [0.1, 0.15) is 12.3 Å². The molecule has 0 amide bonds. The number of hydrogen-bond acceptors (Lipinski definition) is 0. The average molecular weight is 125 g/mol. The van der Waals surface area contributed by atoms with Crippen LogP contribution in [-0.2, 0) is 0 Å². The van der Waals surface area contributed by atoms with E-state index in [1.807, 2.05) is 0 Å². The highest BCUT2D eigenvalue weighted by molar-refractivity contribution is 7.66. The summed E-state index contributed by atoms with van der Waals surface area (Å²) < 4.78 is 24.0. The normalized spacial score (nSPS) is 22.7. The molecule has 1 saturated carbocycles. The Labute approximate surface area is 42.5 Å². The van der Waals surface area contributed by atoms with Gasteiger partial charge in [-0.15, -0.1) is 0 Å². The van der Waals surface area contributed by atoms with Gasteiger partial charge in [-0.1, -0.05) is 0 Å². The van der Waals surface area contributed by atoms with Gasteiger partial charge in [0.05, 0.1) is 0 Å². The van der Waals surface area contributed by atoms with E-state index in [2.05, 4.69) is 0 Å². The smallest absolute Gasteiger partial charge is 0.0236 e. The molecule has 0 aromatic rings. The molecular formula is C4H8F2P+. The Morgan fingerprint density at radius 2 is 1.86 bits per heavy atom. The first-order valence-electron chi connectivity index (χ1n) is 2.36. The van der Waals surface area contributed by atoms with Crippen molar-refractivity contribution in [1.29, 1.82) is 0 Å². The molecule has 0 atom stereocenters. The Morgan fingerprint density at radius 3 is 1.86 bits per heavy atom. The van der Waals surface area contributed by atoms with Gasteiger partial charge >= 0.3 is 7.88 Å². The van der Waals surface area contributed by atoms with Crippen LogP contribution < -0.4 is 0 Å². The van der Waals surface area contributed by atoms with Crippen LogP contribution in [0.4, 0.5) is 8.39 Å². The van der Waals surface area contributed by atoms with Crippen LogP contribution in [0.5, 0.6) is 0 Å². The van der Waals surface area contributed by atoms with E-state index in [0.717, 1.165) is 19.5 Å². The van der Waals surface area contributed by atoms with Crippen LogP contribution in [0.2, 0.25) is 0 Å². The van der Waals surface area contributed by atoms with E-state index < -0.39 is 7.88 Å². The first-order valence-corrected chi connectivity index (χ1v) is 4.45. The quantitative estimate of drug-likeness (QED) is 0.472. The summed E-state index contributed by atoms with van der Waals surface area (Å²) >= 11 is 0. The molecule has 0 saturated heterocycles. The molecule has 0 spiro atoms. The summed E-state index contributed by atoms with van der Waals surface area (Å²) in [5.41, 5.74) is -0.174. The monoisotopic (exact) mass is 125 g/mol. The van der Waals surface area contributed by atoms with Gasteiger partial charge in [-0.3, -0.25) is 0 Å². The summed E-state index contributed by atoms with van der Waals surface area (Å²) in [6.45, 7) is 1.10. The van der Waals surface area contributed by atoms with Crippen molar-refractivity contribution < 1.29 is 8.39 Å². The predicted molar refractivity (Wildman–Crippen MR) is 28.1 cm³/mol. The molecular weight excluding hydrogens is 117 g/mol. The molecule has 0 aliphatic heterocycles. The average Bonchev–Trinajstić information content (AvgIpc) is 1.99. The van der Waals surface area contributed by atoms with Crippen LogP contribution in [0.25, 0.3) is 0 Å². The third-order valence-electron chi connectivity index (χ3n) is 1.19. The van der Waals surface area contributed by atoms with Crippen molar-refractivity contribution in [1.82, 2.24) is 0 Å². The topological polar surface area (TPSA) is 0 Å². The zero-order chi connectivity index (χ0) is 5.49. The lowest BCUT2D eigenvalue weighted by Crippen LogP contribution is -1.79. The van der Waals surface area contributed by atoms with Crippen molar-refractivity contribution in [3.63, 3.8) is 0 Å². The van der Waals surface area contributed by atoms with Crippen molar-refractivity contribution in [3.8, 4) is 0 Å². The molecule has 1 rings (SSSR count). The zero-order valence-electron chi connectivity index (χ0n) is 4.19. The fraction of sp³-hybridized carbons (Fsp3) is 1.00. The molecule has 0 aromatic heterocycles. The third kappa shape index (κ3) is 1.34. The molecule has 0 unspecified atom stereocenters. The summed E-state index contributed by atoms with van der Waals surface area (Å²) in [5.74, 6) is 0. The highest BCUT2D eigenvalue weighted by Gasteiger charge is 2.52. The SMILES string of the molecule is C[P+](F)(F)C1CC1. The molecule has 1 aliphatic carbocycles.